The number of aliphatic hydroxyl groups excluding tert-OH is 1. The van der Waals surface area contributed by atoms with Gasteiger partial charge < -0.3 is 10.0 Å². The Morgan fingerprint density at radius 1 is 1.47 bits per heavy atom. The van der Waals surface area contributed by atoms with Gasteiger partial charge in [0.2, 0.25) is 5.91 Å². The van der Waals surface area contributed by atoms with E-state index in [9.17, 15) is 9.90 Å². The molecule has 106 valence electrons. The first-order valence-electron chi connectivity index (χ1n) is 6.57. The van der Waals surface area contributed by atoms with E-state index in [0.717, 1.165) is 16.1 Å². The topological polar surface area (TPSA) is 40.5 Å². The summed E-state index contributed by atoms with van der Waals surface area (Å²) in [6, 6.07) is 5.89. The summed E-state index contributed by atoms with van der Waals surface area (Å²) in [7, 11) is 1.77. The van der Waals surface area contributed by atoms with E-state index in [1.165, 1.54) is 0 Å². The third-order valence-corrected chi connectivity index (χ3v) is 3.58. The number of nitrogens with zero attached hydrogens (tertiary/aromatic N) is 1. The van der Waals surface area contributed by atoms with Crippen LogP contribution < -0.4 is 0 Å². The SMILES string of the molecule is Cc1ccc(CCC(=O)N(C)CCC(C)O)cc1Cl. The number of carbonyl (C=O) groups is 1. The summed E-state index contributed by atoms with van der Waals surface area (Å²) >= 11 is 6.05. The van der Waals surface area contributed by atoms with Gasteiger partial charge in [-0.15, -0.1) is 0 Å². The Morgan fingerprint density at radius 3 is 2.74 bits per heavy atom. The van der Waals surface area contributed by atoms with Crippen molar-refractivity contribution in [2.45, 2.75) is 39.2 Å². The van der Waals surface area contributed by atoms with Crippen molar-refractivity contribution in [3.05, 3.63) is 34.3 Å². The second kappa shape index (κ2) is 7.51. The van der Waals surface area contributed by atoms with E-state index < -0.39 is 0 Å². The zero-order valence-corrected chi connectivity index (χ0v) is 12.6. The molecule has 1 N–H and O–H groups in total. The highest BCUT2D eigenvalue weighted by atomic mass is 35.5. The largest absolute Gasteiger partial charge is 0.393 e. The Labute approximate surface area is 120 Å². The highest BCUT2D eigenvalue weighted by Crippen LogP contribution is 2.17. The molecule has 0 saturated carbocycles. The number of carbonyl (C=O) groups excluding carboxylic acids is 1. The number of amides is 1. The van der Waals surface area contributed by atoms with Crippen molar-refractivity contribution >= 4 is 17.5 Å². The van der Waals surface area contributed by atoms with Crippen molar-refractivity contribution < 1.29 is 9.90 Å². The van der Waals surface area contributed by atoms with E-state index in [4.69, 9.17) is 11.6 Å². The molecule has 1 atom stereocenters. The zero-order valence-electron chi connectivity index (χ0n) is 11.8. The molecule has 1 rings (SSSR count). The van der Waals surface area contributed by atoms with Crippen LogP contribution in [0, 0.1) is 6.92 Å². The van der Waals surface area contributed by atoms with Gasteiger partial charge in [0, 0.05) is 25.0 Å². The fourth-order valence-corrected chi connectivity index (χ4v) is 1.94. The fraction of sp³-hybridized carbons (Fsp3) is 0.533. The van der Waals surface area contributed by atoms with Crippen LogP contribution in [0.15, 0.2) is 18.2 Å². The molecule has 0 aliphatic heterocycles. The first-order valence-corrected chi connectivity index (χ1v) is 6.95. The van der Waals surface area contributed by atoms with Gasteiger partial charge in [0.05, 0.1) is 6.10 Å². The highest BCUT2D eigenvalue weighted by molar-refractivity contribution is 6.31. The first-order chi connectivity index (χ1) is 8.90. The Kier molecular flexibility index (Phi) is 6.32. The van der Waals surface area contributed by atoms with E-state index in [-0.39, 0.29) is 12.0 Å². The molecule has 0 saturated heterocycles. The molecule has 0 spiro atoms. The normalized spacial score (nSPS) is 12.3. The lowest BCUT2D eigenvalue weighted by atomic mass is 10.1. The lowest BCUT2D eigenvalue weighted by molar-refractivity contribution is -0.130. The van der Waals surface area contributed by atoms with Crippen LogP contribution in [0.25, 0.3) is 0 Å². The molecule has 0 aliphatic carbocycles. The summed E-state index contributed by atoms with van der Waals surface area (Å²) < 4.78 is 0. The minimum atomic E-state index is -0.369. The quantitative estimate of drug-likeness (QED) is 0.872. The number of hydrogen-bond acceptors (Lipinski definition) is 2. The van der Waals surface area contributed by atoms with Crippen molar-refractivity contribution in [3.8, 4) is 0 Å². The predicted octanol–water partition coefficient (Wildman–Crippen LogP) is 2.81. The summed E-state index contributed by atoms with van der Waals surface area (Å²) in [6.07, 6.45) is 1.40. The van der Waals surface area contributed by atoms with Gasteiger partial charge in [-0.25, -0.2) is 0 Å². The molecule has 0 heterocycles. The van der Waals surface area contributed by atoms with Gasteiger partial charge in [0.25, 0.3) is 0 Å². The number of aliphatic hydroxyl groups is 1. The summed E-state index contributed by atoms with van der Waals surface area (Å²) in [5.74, 6) is 0.0948. The number of rotatable bonds is 6. The summed E-state index contributed by atoms with van der Waals surface area (Å²) in [4.78, 5) is 13.6. The number of aryl methyl sites for hydroxylation is 2. The Bertz CT molecular complexity index is 432. The van der Waals surface area contributed by atoms with Crippen molar-refractivity contribution in [1.29, 1.82) is 0 Å². The average molecular weight is 284 g/mol. The lowest BCUT2D eigenvalue weighted by Gasteiger charge is -2.18. The number of halogens is 1. The molecule has 0 radical (unpaired) electrons. The zero-order chi connectivity index (χ0) is 14.4. The van der Waals surface area contributed by atoms with Crippen LogP contribution in [0.5, 0.6) is 0 Å². The number of benzene rings is 1. The average Bonchev–Trinajstić information content (AvgIpc) is 2.36. The van der Waals surface area contributed by atoms with Gasteiger partial charge in [-0.2, -0.15) is 0 Å². The maximum atomic E-state index is 11.9. The summed E-state index contributed by atoms with van der Waals surface area (Å²) in [6.45, 7) is 4.28. The molecule has 1 aromatic carbocycles. The lowest BCUT2D eigenvalue weighted by Crippen LogP contribution is -2.29. The van der Waals surface area contributed by atoms with E-state index in [2.05, 4.69) is 0 Å². The van der Waals surface area contributed by atoms with E-state index >= 15 is 0 Å². The van der Waals surface area contributed by atoms with E-state index in [0.29, 0.717) is 25.8 Å². The van der Waals surface area contributed by atoms with Gasteiger partial charge in [0.1, 0.15) is 0 Å². The molecule has 4 heteroatoms. The van der Waals surface area contributed by atoms with Gasteiger partial charge in [0.15, 0.2) is 0 Å². The van der Waals surface area contributed by atoms with Crippen LogP contribution in [-0.4, -0.2) is 35.6 Å². The highest BCUT2D eigenvalue weighted by Gasteiger charge is 2.10. The smallest absolute Gasteiger partial charge is 0.222 e. The van der Waals surface area contributed by atoms with E-state index in [1.807, 2.05) is 25.1 Å². The maximum absolute atomic E-state index is 11.9. The molecule has 19 heavy (non-hydrogen) atoms. The summed E-state index contributed by atoms with van der Waals surface area (Å²) in [5.41, 5.74) is 2.12. The Morgan fingerprint density at radius 2 is 2.16 bits per heavy atom. The van der Waals surface area contributed by atoms with Gasteiger partial charge in [-0.3, -0.25) is 4.79 Å². The minimum absolute atomic E-state index is 0.0948. The van der Waals surface area contributed by atoms with Crippen molar-refractivity contribution in [2.24, 2.45) is 0 Å². The first kappa shape index (κ1) is 16.0. The van der Waals surface area contributed by atoms with Crippen LogP contribution in [-0.2, 0) is 11.2 Å². The standard InChI is InChI=1S/C15H22ClNO2/c1-11-4-5-13(10-14(11)16)6-7-15(19)17(3)9-8-12(2)18/h4-5,10,12,18H,6-9H2,1-3H3. The summed E-state index contributed by atoms with van der Waals surface area (Å²) in [5, 5.41) is 9.94. The van der Waals surface area contributed by atoms with E-state index in [1.54, 1.807) is 18.9 Å². The second-order valence-electron chi connectivity index (χ2n) is 5.04. The monoisotopic (exact) mass is 283 g/mol. The molecular weight excluding hydrogens is 262 g/mol. The van der Waals surface area contributed by atoms with Crippen molar-refractivity contribution in [1.82, 2.24) is 4.90 Å². The number of hydrogen-bond donors (Lipinski definition) is 1. The van der Waals surface area contributed by atoms with Crippen LogP contribution in [0.3, 0.4) is 0 Å². The molecule has 1 amide bonds. The van der Waals surface area contributed by atoms with Gasteiger partial charge in [-0.1, -0.05) is 23.7 Å². The molecular formula is C15H22ClNO2. The molecule has 1 aromatic rings. The van der Waals surface area contributed by atoms with Crippen molar-refractivity contribution in [2.75, 3.05) is 13.6 Å². The predicted molar refractivity (Wildman–Crippen MR) is 78.4 cm³/mol. The fourth-order valence-electron chi connectivity index (χ4n) is 1.74. The second-order valence-corrected chi connectivity index (χ2v) is 5.44. The molecule has 0 fully saturated rings. The molecule has 1 unspecified atom stereocenters. The minimum Gasteiger partial charge on any atom is -0.393 e. The van der Waals surface area contributed by atoms with Crippen LogP contribution >= 0.6 is 11.6 Å². The van der Waals surface area contributed by atoms with Gasteiger partial charge in [-0.05, 0) is 43.9 Å². The Balaban J connectivity index is 2.42. The van der Waals surface area contributed by atoms with Crippen LogP contribution in [0.2, 0.25) is 5.02 Å². The van der Waals surface area contributed by atoms with Crippen LogP contribution in [0.4, 0.5) is 0 Å². The molecule has 0 bridgehead atoms. The molecule has 0 aliphatic rings. The third-order valence-electron chi connectivity index (χ3n) is 3.17. The maximum Gasteiger partial charge on any atom is 0.222 e. The van der Waals surface area contributed by atoms with Gasteiger partial charge >= 0.3 is 0 Å². The Hall–Kier alpha value is -1.06. The molecule has 3 nitrogen and oxygen atoms in total. The van der Waals surface area contributed by atoms with Crippen molar-refractivity contribution in [3.63, 3.8) is 0 Å². The molecule has 0 aromatic heterocycles. The third kappa shape index (κ3) is 5.62. The van der Waals surface area contributed by atoms with Crippen LogP contribution in [0.1, 0.15) is 30.9 Å².